The summed E-state index contributed by atoms with van der Waals surface area (Å²) in [7, 11) is 0. The number of aromatic nitrogens is 1. The lowest BCUT2D eigenvalue weighted by Crippen LogP contribution is -1.88. The zero-order chi connectivity index (χ0) is 21.3. The molecular formula is C21H15NOS. The third kappa shape index (κ3) is 1.85. The quantitative estimate of drug-likeness (QED) is 0.350. The molecule has 0 atom stereocenters. The lowest BCUT2D eigenvalue weighted by Gasteiger charge is -2.05. The van der Waals surface area contributed by atoms with Crippen LogP contribution >= 0.6 is 11.3 Å². The molecule has 0 spiro atoms. The second-order valence-corrected chi connectivity index (χ2v) is 6.59. The van der Waals surface area contributed by atoms with Crippen LogP contribution in [0.5, 0.6) is 0 Å². The molecule has 0 aliphatic heterocycles. The fraction of sp³-hybridized carbons (Fsp3) is 0.0952. The molecule has 3 heterocycles. The summed E-state index contributed by atoms with van der Waals surface area (Å²) in [6.07, 6.45) is 1.14. The molecule has 5 aromatic rings. The zero-order valence-electron chi connectivity index (χ0n) is 18.5. The van der Waals surface area contributed by atoms with Crippen LogP contribution in [0.4, 0.5) is 0 Å². The first kappa shape index (κ1) is 9.00. The van der Waals surface area contributed by atoms with Gasteiger partial charge >= 0.3 is 0 Å². The fourth-order valence-electron chi connectivity index (χ4n) is 3.11. The topological polar surface area (TPSA) is 26.0 Å². The third-order valence-corrected chi connectivity index (χ3v) is 5.21. The molecule has 5 rings (SSSR count). The van der Waals surface area contributed by atoms with Crippen molar-refractivity contribution in [2.75, 3.05) is 0 Å². The van der Waals surface area contributed by atoms with Crippen LogP contribution in [0.3, 0.4) is 0 Å². The Balaban J connectivity index is 1.81. The van der Waals surface area contributed by atoms with E-state index < -0.39 is 13.7 Å². The highest BCUT2D eigenvalue weighted by Crippen LogP contribution is 2.40. The summed E-state index contributed by atoms with van der Waals surface area (Å²) in [6, 6.07) is 13.0. The highest BCUT2D eigenvalue weighted by molar-refractivity contribution is 7.18. The number of aryl methyl sites for hydroxylation is 2. The maximum atomic E-state index is 7.81. The van der Waals surface area contributed by atoms with Crippen molar-refractivity contribution in [3.8, 4) is 11.3 Å². The van der Waals surface area contributed by atoms with Crippen molar-refractivity contribution in [3.05, 3.63) is 65.2 Å². The van der Waals surface area contributed by atoms with Crippen LogP contribution < -0.4 is 0 Å². The molecule has 116 valence electrons. The summed E-state index contributed by atoms with van der Waals surface area (Å²) in [5, 5.41) is 5.08. The zero-order valence-corrected chi connectivity index (χ0v) is 13.3. The number of benzene rings is 2. The molecule has 0 aliphatic rings. The molecule has 0 N–H and O–H groups in total. The van der Waals surface area contributed by atoms with E-state index in [0.717, 1.165) is 32.6 Å². The molecule has 24 heavy (non-hydrogen) atoms. The largest absolute Gasteiger partial charge is 0.455 e. The molecule has 0 fully saturated rings. The van der Waals surface area contributed by atoms with Gasteiger partial charge in [-0.3, -0.25) is 4.98 Å². The predicted octanol–water partition coefficient (Wildman–Crippen LogP) is 6.48. The van der Waals surface area contributed by atoms with Crippen LogP contribution in [-0.4, -0.2) is 4.98 Å². The van der Waals surface area contributed by atoms with Crippen molar-refractivity contribution < 1.29 is 12.6 Å². The van der Waals surface area contributed by atoms with Gasteiger partial charge in [0.05, 0.1) is 5.69 Å². The molecule has 0 aliphatic carbocycles. The number of thiophene rings is 1. The molecule has 2 nitrogen and oxygen atoms in total. The summed E-state index contributed by atoms with van der Waals surface area (Å²) < 4.78 is 53.7. The Kier molecular flexibility index (Phi) is 1.84. The fourth-order valence-corrected chi connectivity index (χ4v) is 4.06. The standard InChI is InChI=1S/C21H15NOS/c1-12-10-17(22-11-13(12)2)15-4-3-5-16-19-18(23-20(15)16)7-6-14-8-9-24-21(14)19/h3-11H,1-2H3/i1D3,2D3. The SMILES string of the molecule is [2H]C([2H])([2H])c1cnc(-c2cccc3c2oc2ccc4ccsc4c23)cc1C([2H])([2H])[2H]. The molecular weight excluding hydrogens is 314 g/mol. The average Bonchev–Trinajstić information content (AvgIpc) is 3.29. The van der Waals surface area contributed by atoms with E-state index in [1.165, 1.54) is 6.07 Å². The molecule has 3 aromatic heterocycles. The number of para-hydroxylation sites is 1. The Morgan fingerprint density at radius 2 is 2.04 bits per heavy atom. The lowest BCUT2D eigenvalue weighted by molar-refractivity contribution is 0.670. The van der Waals surface area contributed by atoms with E-state index >= 15 is 0 Å². The van der Waals surface area contributed by atoms with Crippen molar-refractivity contribution in [3.63, 3.8) is 0 Å². The Labute approximate surface area is 151 Å². The van der Waals surface area contributed by atoms with Crippen molar-refractivity contribution in [1.29, 1.82) is 0 Å². The van der Waals surface area contributed by atoms with E-state index in [1.807, 2.05) is 29.6 Å². The first-order chi connectivity index (χ1) is 14.1. The minimum absolute atomic E-state index is 0.221. The maximum absolute atomic E-state index is 7.81. The molecule has 0 saturated heterocycles. The normalized spacial score (nSPS) is 16.5. The monoisotopic (exact) mass is 335 g/mol. The Bertz CT molecular complexity index is 1430. The molecule has 0 radical (unpaired) electrons. The van der Waals surface area contributed by atoms with Crippen LogP contribution in [0.25, 0.3) is 43.3 Å². The molecule has 2 aromatic carbocycles. The number of fused-ring (bicyclic) bond motifs is 5. The number of hydrogen-bond donors (Lipinski definition) is 0. The summed E-state index contributed by atoms with van der Waals surface area (Å²) in [5.41, 5.74) is 1.84. The number of rotatable bonds is 1. The lowest BCUT2D eigenvalue weighted by atomic mass is 10.0. The van der Waals surface area contributed by atoms with Crippen LogP contribution in [-0.2, 0) is 0 Å². The van der Waals surface area contributed by atoms with Gasteiger partial charge in [0, 0.05) is 35.5 Å². The highest BCUT2D eigenvalue weighted by atomic mass is 32.1. The number of hydrogen-bond acceptors (Lipinski definition) is 3. The molecule has 0 bridgehead atoms. The van der Waals surface area contributed by atoms with E-state index in [0.29, 0.717) is 16.8 Å². The first-order valence-corrected chi connectivity index (χ1v) is 8.35. The molecule has 0 unspecified atom stereocenters. The van der Waals surface area contributed by atoms with Gasteiger partial charge in [0.1, 0.15) is 11.2 Å². The van der Waals surface area contributed by atoms with E-state index in [9.17, 15) is 0 Å². The predicted molar refractivity (Wildman–Crippen MR) is 102 cm³/mol. The first-order valence-electron chi connectivity index (χ1n) is 10.5. The maximum Gasteiger partial charge on any atom is 0.144 e. The second kappa shape index (κ2) is 4.92. The van der Waals surface area contributed by atoms with Gasteiger partial charge in [0.15, 0.2) is 0 Å². The van der Waals surface area contributed by atoms with Gasteiger partial charge in [0.25, 0.3) is 0 Å². The summed E-state index contributed by atoms with van der Waals surface area (Å²) >= 11 is 1.64. The van der Waals surface area contributed by atoms with Gasteiger partial charge in [0.2, 0.25) is 0 Å². The van der Waals surface area contributed by atoms with Gasteiger partial charge < -0.3 is 4.42 Å². The van der Waals surface area contributed by atoms with Crippen LogP contribution in [0.15, 0.2) is 58.5 Å². The number of furan rings is 1. The second-order valence-electron chi connectivity index (χ2n) is 5.68. The van der Waals surface area contributed by atoms with Crippen molar-refractivity contribution in [1.82, 2.24) is 4.98 Å². The van der Waals surface area contributed by atoms with Gasteiger partial charge in [-0.05, 0) is 65.9 Å². The molecule has 3 heteroatoms. The van der Waals surface area contributed by atoms with Gasteiger partial charge in [-0.1, -0.05) is 12.1 Å². The van der Waals surface area contributed by atoms with Crippen molar-refractivity contribution in [2.24, 2.45) is 0 Å². The third-order valence-electron chi connectivity index (χ3n) is 4.26. The smallest absolute Gasteiger partial charge is 0.144 e. The van der Waals surface area contributed by atoms with Crippen molar-refractivity contribution >= 4 is 43.4 Å². The average molecular weight is 335 g/mol. The summed E-state index contributed by atoms with van der Waals surface area (Å²) in [4.78, 5) is 4.29. The van der Waals surface area contributed by atoms with Crippen LogP contribution in [0, 0.1) is 13.7 Å². The van der Waals surface area contributed by atoms with Gasteiger partial charge in [-0.2, -0.15) is 0 Å². The van der Waals surface area contributed by atoms with Crippen molar-refractivity contribution in [2.45, 2.75) is 13.7 Å². The minimum Gasteiger partial charge on any atom is -0.455 e. The summed E-state index contributed by atoms with van der Waals surface area (Å²) in [5.74, 6) is 0. The van der Waals surface area contributed by atoms with Crippen LogP contribution in [0.2, 0.25) is 0 Å². The Morgan fingerprint density at radius 3 is 2.96 bits per heavy atom. The van der Waals surface area contributed by atoms with E-state index in [2.05, 4.69) is 11.1 Å². The van der Waals surface area contributed by atoms with Crippen LogP contribution in [0.1, 0.15) is 19.4 Å². The minimum atomic E-state index is -2.58. The molecule has 0 saturated carbocycles. The van der Waals surface area contributed by atoms with Gasteiger partial charge in [-0.25, -0.2) is 0 Å². The Morgan fingerprint density at radius 1 is 1.08 bits per heavy atom. The number of nitrogens with zero attached hydrogens (tertiary/aromatic N) is 1. The van der Waals surface area contributed by atoms with E-state index in [-0.39, 0.29) is 11.1 Å². The van der Waals surface area contributed by atoms with Gasteiger partial charge in [-0.15, -0.1) is 11.3 Å². The van der Waals surface area contributed by atoms with E-state index in [4.69, 9.17) is 12.6 Å². The number of pyridine rings is 1. The molecule has 0 amide bonds. The summed E-state index contributed by atoms with van der Waals surface area (Å²) in [6.45, 7) is -5.14. The Hall–Kier alpha value is -2.65. The highest BCUT2D eigenvalue weighted by Gasteiger charge is 2.15. The van der Waals surface area contributed by atoms with E-state index in [1.54, 1.807) is 17.4 Å².